The van der Waals surface area contributed by atoms with Gasteiger partial charge in [-0.05, 0) is 36.9 Å². The lowest BCUT2D eigenvalue weighted by Crippen LogP contribution is -2.38. The van der Waals surface area contributed by atoms with Crippen molar-refractivity contribution in [2.45, 2.75) is 6.54 Å². The second-order valence-electron chi connectivity index (χ2n) is 5.72. The molecule has 0 aliphatic carbocycles. The second kappa shape index (κ2) is 9.78. The van der Waals surface area contributed by atoms with Gasteiger partial charge in [-0.25, -0.2) is 0 Å². The van der Waals surface area contributed by atoms with Gasteiger partial charge in [0.15, 0.2) is 0 Å². The van der Waals surface area contributed by atoms with Crippen LogP contribution in [0.2, 0.25) is 15.1 Å². The van der Waals surface area contributed by atoms with Crippen molar-refractivity contribution in [1.29, 1.82) is 0 Å². The van der Waals surface area contributed by atoms with Crippen LogP contribution in [0.4, 0.5) is 5.69 Å². The molecule has 0 atom stereocenters. The van der Waals surface area contributed by atoms with E-state index < -0.39 is 0 Å². The first-order valence-corrected chi connectivity index (χ1v) is 8.92. The molecule has 138 valence electrons. The molecule has 2 aromatic rings. The van der Waals surface area contributed by atoms with Crippen LogP contribution in [0.3, 0.4) is 0 Å². The number of amides is 2. The van der Waals surface area contributed by atoms with Crippen LogP contribution in [-0.4, -0.2) is 36.9 Å². The topological polar surface area (TPSA) is 61.4 Å². The molecule has 2 rings (SSSR count). The van der Waals surface area contributed by atoms with Crippen molar-refractivity contribution in [3.05, 3.63) is 63.1 Å². The summed E-state index contributed by atoms with van der Waals surface area (Å²) in [6, 6.07) is 12.2. The number of benzene rings is 2. The van der Waals surface area contributed by atoms with Gasteiger partial charge in [0.1, 0.15) is 0 Å². The normalized spacial score (nSPS) is 10.7. The predicted octanol–water partition coefficient (Wildman–Crippen LogP) is 3.83. The van der Waals surface area contributed by atoms with Crippen molar-refractivity contribution in [1.82, 2.24) is 10.2 Å². The Balaban J connectivity index is 1.78. The summed E-state index contributed by atoms with van der Waals surface area (Å²) in [4.78, 5) is 25.7. The summed E-state index contributed by atoms with van der Waals surface area (Å²) in [6.07, 6.45) is 0. The zero-order valence-electron chi connectivity index (χ0n) is 14.1. The Morgan fingerprint density at radius 3 is 2.12 bits per heavy atom. The number of rotatable bonds is 7. The fourth-order valence-electron chi connectivity index (χ4n) is 2.20. The van der Waals surface area contributed by atoms with Gasteiger partial charge in [-0.3, -0.25) is 14.5 Å². The smallest absolute Gasteiger partial charge is 0.238 e. The highest BCUT2D eigenvalue weighted by Gasteiger charge is 2.13. The molecule has 0 aromatic heterocycles. The molecule has 2 aromatic carbocycles. The highest BCUT2D eigenvalue weighted by atomic mass is 35.5. The first-order chi connectivity index (χ1) is 12.3. The molecule has 0 aliphatic rings. The van der Waals surface area contributed by atoms with E-state index in [0.717, 1.165) is 5.56 Å². The van der Waals surface area contributed by atoms with Crippen molar-refractivity contribution in [2.75, 3.05) is 25.5 Å². The SMILES string of the molecule is CN(CC(=O)NCc1ccc(Cl)cc1)CC(=O)Nc1c(Cl)cccc1Cl. The summed E-state index contributed by atoms with van der Waals surface area (Å²) in [5, 5.41) is 6.80. The van der Waals surface area contributed by atoms with Gasteiger partial charge in [-0.2, -0.15) is 0 Å². The fourth-order valence-corrected chi connectivity index (χ4v) is 2.82. The average molecular weight is 415 g/mol. The summed E-state index contributed by atoms with van der Waals surface area (Å²) in [6.45, 7) is 0.498. The van der Waals surface area contributed by atoms with E-state index in [9.17, 15) is 9.59 Å². The zero-order valence-corrected chi connectivity index (χ0v) is 16.3. The van der Waals surface area contributed by atoms with Gasteiger partial charge >= 0.3 is 0 Å². The molecule has 0 saturated carbocycles. The molecule has 0 unspecified atom stereocenters. The van der Waals surface area contributed by atoms with Gasteiger partial charge in [-0.15, -0.1) is 0 Å². The molecule has 0 aliphatic heterocycles. The summed E-state index contributed by atoms with van der Waals surface area (Å²) in [7, 11) is 1.68. The number of likely N-dealkylation sites (N-methyl/N-ethyl adjacent to an activating group) is 1. The number of hydrogen-bond acceptors (Lipinski definition) is 3. The Morgan fingerprint density at radius 2 is 1.50 bits per heavy atom. The van der Waals surface area contributed by atoms with Crippen molar-refractivity contribution in [3.63, 3.8) is 0 Å². The third kappa shape index (κ3) is 6.50. The number of anilines is 1. The maximum absolute atomic E-state index is 12.1. The van der Waals surface area contributed by atoms with Crippen LogP contribution in [-0.2, 0) is 16.1 Å². The van der Waals surface area contributed by atoms with Gasteiger partial charge in [0.2, 0.25) is 11.8 Å². The van der Waals surface area contributed by atoms with Gasteiger partial charge in [-0.1, -0.05) is 53.0 Å². The van der Waals surface area contributed by atoms with E-state index in [0.29, 0.717) is 27.3 Å². The fraction of sp³-hybridized carbons (Fsp3) is 0.222. The Kier molecular flexibility index (Phi) is 7.72. The summed E-state index contributed by atoms with van der Waals surface area (Å²) in [5.41, 5.74) is 1.30. The molecular formula is C18H18Cl3N3O2. The zero-order chi connectivity index (χ0) is 19.1. The lowest BCUT2D eigenvalue weighted by atomic mass is 10.2. The third-order valence-electron chi connectivity index (χ3n) is 3.46. The minimum atomic E-state index is -0.312. The number of nitrogens with one attached hydrogen (secondary N) is 2. The van der Waals surface area contributed by atoms with E-state index in [2.05, 4.69) is 10.6 Å². The first-order valence-electron chi connectivity index (χ1n) is 7.78. The molecule has 5 nitrogen and oxygen atoms in total. The van der Waals surface area contributed by atoms with E-state index >= 15 is 0 Å². The largest absolute Gasteiger partial charge is 0.351 e. The molecule has 0 bridgehead atoms. The van der Waals surface area contributed by atoms with E-state index in [1.165, 1.54) is 0 Å². The van der Waals surface area contributed by atoms with Crippen molar-refractivity contribution >= 4 is 52.3 Å². The minimum Gasteiger partial charge on any atom is -0.351 e. The van der Waals surface area contributed by atoms with Gasteiger partial charge in [0.05, 0.1) is 28.8 Å². The number of nitrogens with zero attached hydrogens (tertiary/aromatic N) is 1. The van der Waals surface area contributed by atoms with Crippen LogP contribution in [0.25, 0.3) is 0 Å². The van der Waals surface area contributed by atoms with Crippen LogP contribution in [0.1, 0.15) is 5.56 Å². The van der Waals surface area contributed by atoms with Crippen molar-refractivity contribution in [3.8, 4) is 0 Å². The van der Waals surface area contributed by atoms with Crippen LogP contribution < -0.4 is 10.6 Å². The highest BCUT2D eigenvalue weighted by Crippen LogP contribution is 2.29. The van der Waals surface area contributed by atoms with Crippen molar-refractivity contribution < 1.29 is 9.59 Å². The molecule has 0 fully saturated rings. The molecule has 2 amide bonds. The number of carbonyl (C=O) groups excluding carboxylic acids is 2. The number of carbonyl (C=O) groups is 2. The van der Waals surface area contributed by atoms with E-state index in [1.807, 2.05) is 12.1 Å². The quantitative estimate of drug-likeness (QED) is 0.724. The van der Waals surface area contributed by atoms with Crippen molar-refractivity contribution in [2.24, 2.45) is 0 Å². The molecule has 0 radical (unpaired) electrons. The van der Waals surface area contributed by atoms with Gasteiger partial charge in [0, 0.05) is 11.6 Å². The van der Waals surface area contributed by atoms with Crippen LogP contribution in [0.5, 0.6) is 0 Å². The molecular weight excluding hydrogens is 397 g/mol. The lowest BCUT2D eigenvalue weighted by Gasteiger charge is -2.17. The molecule has 2 N–H and O–H groups in total. The van der Waals surface area contributed by atoms with E-state index in [1.54, 1.807) is 42.3 Å². The second-order valence-corrected chi connectivity index (χ2v) is 6.97. The summed E-state index contributed by atoms with van der Waals surface area (Å²) >= 11 is 17.9. The molecule has 26 heavy (non-hydrogen) atoms. The number of hydrogen-bond donors (Lipinski definition) is 2. The van der Waals surface area contributed by atoms with Gasteiger partial charge in [0.25, 0.3) is 0 Å². The van der Waals surface area contributed by atoms with Crippen LogP contribution in [0, 0.1) is 0 Å². The monoisotopic (exact) mass is 413 g/mol. The highest BCUT2D eigenvalue weighted by molar-refractivity contribution is 6.39. The third-order valence-corrected chi connectivity index (χ3v) is 4.34. The Bertz CT molecular complexity index is 762. The summed E-state index contributed by atoms with van der Waals surface area (Å²) < 4.78 is 0. The maximum atomic E-state index is 12.1. The Morgan fingerprint density at radius 1 is 0.923 bits per heavy atom. The standard InChI is InChI=1S/C18H18Cl3N3O2/c1-24(10-16(25)22-9-12-5-7-13(19)8-6-12)11-17(26)23-18-14(20)3-2-4-15(18)21/h2-8H,9-11H2,1H3,(H,22,25)(H,23,26). The van der Waals surface area contributed by atoms with E-state index in [4.69, 9.17) is 34.8 Å². The first kappa shape index (κ1) is 20.5. The Labute approximate surface area is 167 Å². The van der Waals surface area contributed by atoms with Crippen LogP contribution >= 0.6 is 34.8 Å². The Hall–Kier alpha value is -1.79. The van der Waals surface area contributed by atoms with Crippen LogP contribution in [0.15, 0.2) is 42.5 Å². The summed E-state index contributed by atoms with van der Waals surface area (Å²) in [5.74, 6) is -0.501. The van der Waals surface area contributed by atoms with E-state index in [-0.39, 0.29) is 24.9 Å². The molecule has 8 heteroatoms. The molecule has 0 saturated heterocycles. The maximum Gasteiger partial charge on any atom is 0.238 e. The number of halogens is 3. The minimum absolute atomic E-state index is 0.0237. The predicted molar refractivity (Wildman–Crippen MR) is 106 cm³/mol. The molecule has 0 spiro atoms. The number of para-hydroxylation sites is 1. The van der Waals surface area contributed by atoms with Gasteiger partial charge < -0.3 is 10.6 Å². The molecule has 0 heterocycles. The average Bonchev–Trinajstić information content (AvgIpc) is 2.57. The lowest BCUT2D eigenvalue weighted by molar-refractivity contribution is -0.123.